The summed E-state index contributed by atoms with van der Waals surface area (Å²) in [6.07, 6.45) is 0.585. The van der Waals surface area contributed by atoms with Crippen molar-refractivity contribution in [1.29, 1.82) is 0 Å². The molecule has 27 heavy (non-hydrogen) atoms. The lowest BCUT2D eigenvalue weighted by Gasteiger charge is -2.29. The van der Waals surface area contributed by atoms with Gasteiger partial charge in [-0.3, -0.25) is 14.5 Å². The van der Waals surface area contributed by atoms with Crippen molar-refractivity contribution in [3.63, 3.8) is 0 Å². The average Bonchev–Trinajstić information content (AvgIpc) is 3.23. The van der Waals surface area contributed by atoms with E-state index in [0.29, 0.717) is 30.5 Å². The summed E-state index contributed by atoms with van der Waals surface area (Å²) >= 11 is 0. The molecule has 0 bridgehead atoms. The average molecular weight is 364 g/mol. The largest absolute Gasteiger partial charge is 0.433 e. The molecule has 6 nitrogen and oxygen atoms in total. The number of nitrogens with one attached hydrogen (secondary N) is 1. The highest BCUT2D eigenvalue weighted by Gasteiger charge is 2.46. The number of nitrogens with zero attached hydrogens (tertiary/aromatic N) is 1. The third kappa shape index (κ3) is 3.30. The van der Waals surface area contributed by atoms with Crippen LogP contribution in [-0.4, -0.2) is 35.3 Å². The van der Waals surface area contributed by atoms with Crippen molar-refractivity contribution in [2.24, 2.45) is 0 Å². The molecule has 1 N–H and O–H groups in total. The summed E-state index contributed by atoms with van der Waals surface area (Å²) in [5.41, 5.74) is 2.22. The van der Waals surface area contributed by atoms with Crippen LogP contribution in [0.25, 0.3) is 0 Å². The van der Waals surface area contributed by atoms with Crippen LogP contribution in [0.2, 0.25) is 0 Å². The molecule has 2 atom stereocenters. The molecule has 2 aliphatic rings. The second kappa shape index (κ2) is 7.23. The van der Waals surface area contributed by atoms with Gasteiger partial charge in [-0.05, 0) is 24.5 Å². The van der Waals surface area contributed by atoms with Gasteiger partial charge in [0.25, 0.3) is 0 Å². The van der Waals surface area contributed by atoms with Crippen molar-refractivity contribution < 1.29 is 19.1 Å². The molecule has 0 aliphatic carbocycles. The number of cyclic esters (lactones) is 1. The Morgan fingerprint density at radius 1 is 1.07 bits per heavy atom. The molecule has 4 rings (SSSR count). The monoisotopic (exact) mass is 364 g/mol. The Bertz CT molecular complexity index is 881. The van der Waals surface area contributed by atoms with Gasteiger partial charge in [-0.1, -0.05) is 48.5 Å². The fourth-order valence-electron chi connectivity index (χ4n) is 3.68. The molecule has 2 aromatic carbocycles. The quantitative estimate of drug-likeness (QED) is 0.826. The molecule has 0 spiro atoms. The van der Waals surface area contributed by atoms with Gasteiger partial charge < -0.3 is 10.1 Å². The predicted octanol–water partition coefficient (Wildman–Crippen LogP) is 2.21. The van der Waals surface area contributed by atoms with Gasteiger partial charge in [0.05, 0.1) is 5.56 Å². The summed E-state index contributed by atoms with van der Waals surface area (Å²) in [5, 5.41) is 2.91. The number of rotatable bonds is 5. The summed E-state index contributed by atoms with van der Waals surface area (Å²) in [6.45, 7) is 0.489. The lowest BCUT2D eigenvalue weighted by atomic mass is 10.1. The van der Waals surface area contributed by atoms with Gasteiger partial charge in [0.15, 0.2) is 0 Å². The molecule has 0 radical (unpaired) electrons. The van der Waals surface area contributed by atoms with Gasteiger partial charge in [-0.15, -0.1) is 0 Å². The zero-order valence-corrected chi connectivity index (χ0v) is 14.8. The van der Waals surface area contributed by atoms with Crippen LogP contribution in [0.15, 0.2) is 54.6 Å². The smallest absolute Gasteiger partial charge is 0.340 e. The Hall–Kier alpha value is -3.15. The molecule has 1 saturated heterocycles. The van der Waals surface area contributed by atoms with Gasteiger partial charge in [0, 0.05) is 18.5 Å². The van der Waals surface area contributed by atoms with Crippen molar-refractivity contribution in [2.75, 3.05) is 6.54 Å². The minimum absolute atomic E-state index is 0.173. The molecule has 6 heteroatoms. The predicted molar refractivity (Wildman–Crippen MR) is 97.6 cm³/mol. The number of carbonyl (C=O) groups excluding carboxylic acids is 3. The Morgan fingerprint density at radius 3 is 2.63 bits per heavy atom. The van der Waals surface area contributed by atoms with E-state index in [9.17, 15) is 14.4 Å². The summed E-state index contributed by atoms with van der Waals surface area (Å²) in [7, 11) is 0. The van der Waals surface area contributed by atoms with E-state index in [0.717, 1.165) is 5.56 Å². The Labute approximate surface area is 157 Å². The van der Waals surface area contributed by atoms with E-state index in [1.165, 1.54) is 4.90 Å². The molecular weight excluding hydrogens is 344 g/mol. The molecule has 2 unspecified atom stereocenters. The molecule has 138 valence electrons. The van der Waals surface area contributed by atoms with Gasteiger partial charge in [-0.25, -0.2) is 4.79 Å². The van der Waals surface area contributed by atoms with Gasteiger partial charge >= 0.3 is 5.97 Å². The summed E-state index contributed by atoms with van der Waals surface area (Å²) in [4.78, 5) is 38.6. The van der Waals surface area contributed by atoms with E-state index < -0.39 is 18.2 Å². The number of benzene rings is 2. The number of fused-ring (bicyclic) bond motifs is 1. The molecule has 2 heterocycles. The lowest BCUT2D eigenvalue weighted by molar-refractivity contribution is -0.145. The first kappa shape index (κ1) is 17.3. The van der Waals surface area contributed by atoms with Crippen LogP contribution in [0.4, 0.5) is 0 Å². The van der Waals surface area contributed by atoms with E-state index in [-0.39, 0.29) is 18.2 Å². The van der Waals surface area contributed by atoms with Crippen LogP contribution in [0, 0.1) is 0 Å². The fourth-order valence-corrected chi connectivity index (χ4v) is 3.68. The zero-order valence-electron chi connectivity index (χ0n) is 14.8. The van der Waals surface area contributed by atoms with Gasteiger partial charge in [0.1, 0.15) is 6.04 Å². The number of amides is 2. The highest BCUT2D eigenvalue weighted by atomic mass is 16.6. The molecule has 2 aliphatic heterocycles. The maximum absolute atomic E-state index is 12.7. The maximum Gasteiger partial charge on any atom is 0.340 e. The molecular formula is C21H20N2O4. The molecule has 0 aromatic heterocycles. The van der Waals surface area contributed by atoms with E-state index in [4.69, 9.17) is 4.74 Å². The van der Waals surface area contributed by atoms with Crippen LogP contribution in [0.5, 0.6) is 0 Å². The molecule has 1 fully saturated rings. The first-order valence-corrected chi connectivity index (χ1v) is 9.08. The van der Waals surface area contributed by atoms with Crippen LogP contribution >= 0.6 is 0 Å². The van der Waals surface area contributed by atoms with Gasteiger partial charge in [0.2, 0.25) is 18.0 Å². The van der Waals surface area contributed by atoms with Crippen LogP contribution in [-0.2, 0) is 20.7 Å². The first-order chi connectivity index (χ1) is 13.1. The maximum atomic E-state index is 12.7. The van der Waals surface area contributed by atoms with Crippen molar-refractivity contribution in [3.8, 4) is 0 Å². The van der Waals surface area contributed by atoms with Crippen molar-refractivity contribution in [2.45, 2.75) is 31.5 Å². The van der Waals surface area contributed by atoms with Crippen molar-refractivity contribution in [3.05, 3.63) is 71.3 Å². The number of hydrogen-bond donors (Lipinski definition) is 1. The normalized spacial score (nSPS) is 21.1. The van der Waals surface area contributed by atoms with E-state index in [1.54, 1.807) is 24.3 Å². The molecule has 2 aromatic rings. The minimum Gasteiger partial charge on any atom is -0.433 e. The highest BCUT2D eigenvalue weighted by Crippen LogP contribution is 2.38. The van der Waals surface area contributed by atoms with Gasteiger partial charge in [-0.2, -0.15) is 0 Å². The Morgan fingerprint density at radius 2 is 1.81 bits per heavy atom. The molecule has 2 amide bonds. The molecule has 0 saturated carbocycles. The summed E-state index contributed by atoms with van der Waals surface area (Å²) < 4.78 is 5.43. The van der Waals surface area contributed by atoms with Crippen LogP contribution < -0.4 is 5.32 Å². The van der Waals surface area contributed by atoms with Crippen molar-refractivity contribution >= 4 is 17.8 Å². The number of esters is 1. The second-order valence-corrected chi connectivity index (χ2v) is 6.73. The lowest BCUT2D eigenvalue weighted by Crippen LogP contribution is -2.46. The van der Waals surface area contributed by atoms with E-state index in [2.05, 4.69) is 5.32 Å². The summed E-state index contributed by atoms with van der Waals surface area (Å²) in [6, 6.07) is 16.2. The first-order valence-electron chi connectivity index (χ1n) is 9.08. The minimum atomic E-state index is -0.825. The SMILES string of the molecule is O=C1OC(N2C(=O)CCC2C(=O)NCCc2ccccc2)c2ccccc21. The van der Waals surface area contributed by atoms with Crippen LogP contribution in [0.1, 0.15) is 40.6 Å². The van der Waals surface area contributed by atoms with Crippen LogP contribution in [0.3, 0.4) is 0 Å². The number of hydrogen-bond acceptors (Lipinski definition) is 4. The number of carbonyl (C=O) groups is 3. The van der Waals surface area contributed by atoms with E-state index >= 15 is 0 Å². The number of ether oxygens (including phenoxy) is 1. The third-order valence-electron chi connectivity index (χ3n) is 5.03. The van der Waals surface area contributed by atoms with E-state index in [1.807, 2.05) is 30.3 Å². The summed E-state index contributed by atoms with van der Waals surface area (Å²) in [5.74, 6) is -0.844. The Kier molecular flexibility index (Phi) is 4.62. The Balaban J connectivity index is 1.46. The van der Waals surface area contributed by atoms with Crippen molar-refractivity contribution in [1.82, 2.24) is 10.2 Å². The fraction of sp³-hybridized carbons (Fsp3) is 0.286. The second-order valence-electron chi connectivity index (χ2n) is 6.73. The highest BCUT2D eigenvalue weighted by molar-refractivity contribution is 5.96. The third-order valence-corrected chi connectivity index (χ3v) is 5.03. The number of likely N-dealkylation sites (tertiary alicyclic amines) is 1. The zero-order chi connectivity index (χ0) is 18.8. The standard InChI is InChI=1S/C21H20N2O4/c24-18-11-10-17(19(25)22-13-12-14-6-2-1-3-7-14)23(18)20-15-8-4-5-9-16(15)21(26)27-20/h1-9,17,20H,10-13H2,(H,22,25). The topological polar surface area (TPSA) is 75.7 Å².